The molecule has 0 radical (unpaired) electrons. The predicted octanol–water partition coefficient (Wildman–Crippen LogP) is 3.10. The molecular weight excluding hydrogens is 148 g/mol. The number of Topliss-reactive ketones (excluding diaryl/α,β-unsaturated/α-hetero) is 1. The van der Waals surface area contributed by atoms with E-state index in [4.69, 9.17) is 0 Å². The van der Waals surface area contributed by atoms with Crippen LogP contribution in [0.3, 0.4) is 0 Å². The molecule has 1 fully saturated rings. The number of allylic oxidation sites excluding steroid dienone is 2. The highest BCUT2D eigenvalue weighted by molar-refractivity contribution is 5.82. The molecule has 0 N–H and O–H groups in total. The van der Waals surface area contributed by atoms with Crippen LogP contribution < -0.4 is 0 Å². The summed E-state index contributed by atoms with van der Waals surface area (Å²) < 4.78 is 0. The van der Waals surface area contributed by atoms with Crippen molar-refractivity contribution in [2.24, 2.45) is 5.92 Å². The molecule has 68 valence electrons. The summed E-state index contributed by atoms with van der Waals surface area (Å²) in [6, 6.07) is 0. The lowest BCUT2D eigenvalue weighted by Crippen LogP contribution is -2.04. The van der Waals surface area contributed by atoms with Gasteiger partial charge in [0.2, 0.25) is 0 Å². The van der Waals surface area contributed by atoms with Crippen molar-refractivity contribution in [3.05, 3.63) is 12.2 Å². The van der Waals surface area contributed by atoms with Crippen LogP contribution in [0.25, 0.3) is 0 Å². The van der Waals surface area contributed by atoms with E-state index in [1.165, 1.54) is 0 Å². The molecule has 0 aromatic rings. The summed E-state index contributed by atoms with van der Waals surface area (Å²) in [7, 11) is 0. The van der Waals surface area contributed by atoms with E-state index in [0.717, 1.165) is 38.5 Å². The molecule has 0 saturated heterocycles. The Morgan fingerprint density at radius 3 is 2.92 bits per heavy atom. The van der Waals surface area contributed by atoms with Crippen LogP contribution in [0.15, 0.2) is 12.2 Å². The van der Waals surface area contributed by atoms with Crippen molar-refractivity contribution in [2.45, 2.75) is 45.4 Å². The summed E-state index contributed by atoms with van der Waals surface area (Å²) >= 11 is 0. The van der Waals surface area contributed by atoms with Crippen LogP contribution in [-0.4, -0.2) is 5.78 Å². The summed E-state index contributed by atoms with van der Waals surface area (Å²) in [6.07, 6.45) is 10.8. The maximum absolute atomic E-state index is 11.2. The number of hydrogen-bond donors (Lipinski definition) is 0. The Kier molecular flexibility index (Phi) is 4.06. The van der Waals surface area contributed by atoms with E-state index in [0.29, 0.717) is 11.7 Å². The zero-order valence-electron chi connectivity index (χ0n) is 7.88. The van der Waals surface area contributed by atoms with E-state index in [9.17, 15) is 4.79 Å². The quantitative estimate of drug-likeness (QED) is 0.586. The van der Waals surface area contributed by atoms with Crippen molar-refractivity contribution in [2.75, 3.05) is 0 Å². The monoisotopic (exact) mass is 166 g/mol. The first-order chi connectivity index (χ1) is 5.84. The smallest absolute Gasteiger partial charge is 0.135 e. The van der Waals surface area contributed by atoms with Gasteiger partial charge in [0.15, 0.2) is 0 Å². The van der Waals surface area contributed by atoms with Crippen LogP contribution >= 0.6 is 0 Å². The van der Waals surface area contributed by atoms with Crippen LogP contribution in [0, 0.1) is 5.92 Å². The average molecular weight is 166 g/mol. The largest absolute Gasteiger partial charge is 0.299 e. The summed E-state index contributed by atoms with van der Waals surface area (Å²) in [6.45, 7) is 2.14. The van der Waals surface area contributed by atoms with Gasteiger partial charge in [-0.15, -0.1) is 0 Å². The zero-order chi connectivity index (χ0) is 8.81. The van der Waals surface area contributed by atoms with Crippen LogP contribution in [-0.2, 0) is 4.79 Å². The van der Waals surface area contributed by atoms with Gasteiger partial charge in [0, 0.05) is 12.3 Å². The van der Waals surface area contributed by atoms with Gasteiger partial charge in [-0.05, 0) is 32.1 Å². The summed E-state index contributed by atoms with van der Waals surface area (Å²) in [4.78, 5) is 11.2. The molecule has 1 heteroatoms. The highest BCUT2D eigenvalue weighted by Crippen LogP contribution is 2.25. The summed E-state index contributed by atoms with van der Waals surface area (Å²) in [5.41, 5.74) is 0. The topological polar surface area (TPSA) is 17.1 Å². The number of hydrogen-bond acceptors (Lipinski definition) is 1. The molecule has 0 bridgehead atoms. The number of carbonyl (C=O) groups excluding carboxylic acids is 1. The second-order valence-electron chi connectivity index (χ2n) is 3.51. The first kappa shape index (κ1) is 9.50. The van der Waals surface area contributed by atoms with Crippen LogP contribution in [0.4, 0.5) is 0 Å². The molecule has 1 unspecified atom stereocenters. The molecule has 0 aliphatic heterocycles. The van der Waals surface area contributed by atoms with Gasteiger partial charge in [0.25, 0.3) is 0 Å². The molecule has 1 saturated carbocycles. The Balaban J connectivity index is 2.14. The standard InChI is InChI=1S/C11H18O/c1-2-3-4-5-7-10-8-6-9-11(10)12/h3-4,10H,2,5-9H2,1H3. The maximum Gasteiger partial charge on any atom is 0.135 e. The Labute approximate surface area is 74.9 Å². The molecule has 0 spiro atoms. The van der Waals surface area contributed by atoms with Crippen molar-refractivity contribution >= 4 is 5.78 Å². The van der Waals surface area contributed by atoms with E-state index in [2.05, 4.69) is 19.1 Å². The molecule has 1 rings (SSSR count). The van der Waals surface area contributed by atoms with Gasteiger partial charge in [-0.3, -0.25) is 4.79 Å². The molecule has 0 heterocycles. The minimum Gasteiger partial charge on any atom is -0.299 e. The van der Waals surface area contributed by atoms with Crippen molar-refractivity contribution in [1.29, 1.82) is 0 Å². The summed E-state index contributed by atoms with van der Waals surface area (Å²) in [5.74, 6) is 0.895. The molecule has 1 aliphatic rings. The van der Waals surface area contributed by atoms with Crippen LogP contribution in [0.5, 0.6) is 0 Å². The van der Waals surface area contributed by atoms with E-state index < -0.39 is 0 Å². The third-order valence-corrected chi connectivity index (χ3v) is 2.52. The van der Waals surface area contributed by atoms with E-state index >= 15 is 0 Å². The molecule has 12 heavy (non-hydrogen) atoms. The molecule has 0 amide bonds. The highest BCUT2D eigenvalue weighted by Gasteiger charge is 2.22. The minimum absolute atomic E-state index is 0.395. The second-order valence-corrected chi connectivity index (χ2v) is 3.51. The van der Waals surface area contributed by atoms with Crippen molar-refractivity contribution in [3.63, 3.8) is 0 Å². The fourth-order valence-corrected chi connectivity index (χ4v) is 1.78. The minimum atomic E-state index is 0.395. The van der Waals surface area contributed by atoms with Gasteiger partial charge in [0.05, 0.1) is 0 Å². The Morgan fingerprint density at radius 2 is 2.33 bits per heavy atom. The van der Waals surface area contributed by atoms with Crippen LogP contribution in [0.1, 0.15) is 45.4 Å². The van der Waals surface area contributed by atoms with E-state index in [1.807, 2.05) is 0 Å². The van der Waals surface area contributed by atoms with Crippen molar-refractivity contribution in [1.82, 2.24) is 0 Å². The molecule has 0 aromatic heterocycles. The van der Waals surface area contributed by atoms with Crippen LogP contribution in [0.2, 0.25) is 0 Å². The third-order valence-electron chi connectivity index (χ3n) is 2.52. The van der Waals surface area contributed by atoms with Gasteiger partial charge >= 0.3 is 0 Å². The normalized spacial score (nSPS) is 24.1. The molecular formula is C11H18O. The van der Waals surface area contributed by atoms with Crippen molar-refractivity contribution in [3.8, 4) is 0 Å². The Bertz CT molecular complexity index is 170. The second kappa shape index (κ2) is 5.13. The summed E-state index contributed by atoms with van der Waals surface area (Å²) in [5, 5.41) is 0. The van der Waals surface area contributed by atoms with Crippen molar-refractivity contribution < 1.29 is 4.79 Å². The lowest BCUT2D eigenvalue weighted by atomic mass is 10.0. The van der Waals surface area contributed by atoms with Gasteiger partial charge < -0.3 is 0 Å². The van der Waals surface area contributed by atoms with Gasteiger partial charge in [-0.25, -0.2) is 0 Å². The maximum atomic E-state index is 11.2. The Hall–Kier alpha value is -0.590. The highest BCUT2D eigenvalue weighted by atomic mass is 16.1. The molecule has 1 aliphatic carbocycles. The SMILES string of the molecule is CCC=CCCC1CCCC1=O. The van der Waals surface area contributed by atoms with Gasteiger partial charge in [0.1, 0.15) is 5.78 Å². The fraction of sp³-hybridized carbons (Fsp3) is 0.727. The van der Waals surface area contributed by atoms with Gasteiger partial charge in [-0.1, -0.05) is 19.1 Å². The van der Waals surface area contributed by atoms with E-state index in [-0.39, 0.29) is 0 Å². The zero-order valence-corrected chi connectivity index (χ0v) is 7.88. The first-order valence-corrected chi connectivity index (χ1v) is 5.02. The fourth-order valence-electron chi connectivity index (χ4n) is 1.78. The van der Waals surface area contributed by atoms with E-state index in [1.54, 1.807) is 0 Å². The Morgan fingerprint density at radius 1 is 1.50 bits per heavy atom. The first-order valence-electron chi connectivity index (χ1n) is 5.02. The third kappa shape index (κ3) is 2.80. The average Bonchev–Trinajstić information content (AvgIpc) is 2.46. The molecule has 1 atom stereocenters. The predicted molar refractivity (Wildman–Crippen MR) is 51.0 cm³/mol. The van der Waals surface area contributed by atoms with Gasteiger partial charge in [-0.2, -0.15) is 0 Å². The molecule has 1 nitrogen and oxygen atoms in total. The molecule has 0 aromatic carbocycles. The lowest BCUT2D eigenvalue weighted by Gasteiger charge is -2.03. The lowest BCUT2D eigenvalue weighted by molar-refractivity contribution is -0.120. The number of rotatable bonds is 4. The number of carbonyl (C=O) groups is 1. The number of ketones is 1.